The van der Waals surface area contributed by atoms with Crippen molar-refractivity contribution in [2.24, 2.45) is 5.41 Å². The summed E-state index contributed by atoms with van der Waals surface area (Å²) in [5, 5.41) is 0. The van der Waals surface area contributed by atoms with Crippen LogP contribution in [-0.2, 0) is 9.47 Å². The lowest BCUT2D eigenvalue weighted by atomic mass is 9.95. The molecule has 3 nitrogen and oxygen atoms in total. The maximum atomic E-state index is 14.7. The van der Waals surface area contributed by atoms with Crippen LogP contribution in [0.1, 0.15) is 58.3 Å². The Morgan fingerprint density at radius 3 is 1.47 bits per heavy atom. The van der Waals surface area contributed by atoms with Crippen LogP contribution in [0.3, 0.4) is 0 Å². The predicted octanol–water partition coefficient (Wildman–Crippen LogP) is 7.47. The Morgan fingerprint density at radius 1 is 0.667 bits per heavy atom. The van der Waals surface area contributed by atoms with Crippen LogP contribution in [0.5, 0.6) is 0 Å². The Balaban J connectivity index is 1.53. The maximum absolute atomic E-state index is 14.7. The van der Waals surface area contributed by atoms with Crippen molar-refractivity contribution in [1.29, 1.82) is 0 Å². The lowest BCUT2D eigenvalue weighted by Gasteiger charge is -2.34. The number of carbonyl (C=O) groups excluding carboxylic acids is 1. The molecule has 0 N–H and O–H groups in total. The highest BCUT2D eigenvalue weighted by molar-refractivity contribution is 5.77. The first-order valence-electron chi connectivity index (χ1n) is 11.3. The molecule has 7 heteroatoms. The first-order valence-corrected chi connectivity index (χ1v) is 11.3. The van der Waals surface area contributed by atoms with E-state index < -0.39 is 40.7 Å². The third-order valence-corrected chi connectivity index (χ3v) is 5.75. The molecule has 0 saturated carbocycles. The summed E-state index contributed by atoms with van der Waals surface area (Å²) in [7, 11) is 0. The number of aldehydes is 1. The Bertz CT molecular complexity index is 1270. The van der Waals surface area contributed by atoms with Crippen LogP contribution >= 0.6 is 0 Å². The molecule has 0 spiro atoms. The van der Waals surface area contributed by atoms with Gasteiger partial charge in [-0.3, -0.25) is 4.79 Å². The van der Waals surface area contributed by atoms with E-state index in [0.29, 0.717) is 36.2 Å². The molecule has 1 aliphatic heterocycles. The first kappa shape index (κ1) is 25.5. The fourth-order valence-corrected chi connectivity index (χ4v) is 3.65. The minimum absolute atomic E-state index is 0.0636. The average molecular weight is 497 g/mol. The Morgan fingerprint density at radius 2 is 1.06 bits per heavy atom. The summed E-state index contributed by atoms with van der Waals surface area (Å²) in [6.45, 7) is 5.18. The normalized spacial score (nSPS) is 16.2. The van der Waals surface area contributed by atoms with Gasteiger partial charge in [-0.2, -0.15) is 0 Å². The van der Waals surface area contributed by atoms with E-state index in [1.165, 1.54) is 24.3 Å². The van der Waals surface area contributed by atoms with Crippen LogP contribution in [0.4, 0.5) is 17.6 Å². The number of benzene rings is 3. The first-order chi connectivity index (χ1) is 17.2. The lowest BCUT2D eigenvalue weighted by molar-refractivity contribution is -0.226. The molecule has 3 aromatic carbocycles. The van der Waals surface area contributed by atoms with Crippen molar-refractivity contribution >= 4 is 30.6 Å². The van der Waals surface area contributed by atoms with Crippen molar-refractivity contribution in [1.82, 2.24) is 0 Å². The van der Waals surface area contributed by atoms with Gasteiger partial charge in [0.15, 0.2) is 29.6 Å². The van der Waals surface area contributed by atoms with Gasteiger partial charge in [-0.05, 0) is 23.3 Å². The van der Waals surface area contributed by atoms with Gasteiger partial charge < -0.3 is 9.47 Å². The van der Waals surface area contributed by atoms with Gasteiger partial charge in [-0.1, -0.05) is 74.5 Å². The molecule has 0 radical (unpaired) electrons. The van der Waals surface area contributed by atoms with Crippen LogP contribution in [0, 0.1) is 28.7 Å². The van der Waals surface area contributed by atoms with Gasteiger partial charge in [0, 0.05) is 16.5 Å². The molecule has 0 amide bonds. The van der Waals surface area contributed by atoms with E-state index in [9.17, 15) is 22.4 Å². The summed E-state index contributed by atoms with van der Waals surface area (Å²) >= 11 is 0. The largest absolute Gasteiger partial charge is 0.348 e. The summed E-state index contributed by atoms with van der Waals surface area (Å²) in [4.78, 5) is 10.7. The third-order valence-electron chi connectivity index (χ3n) is 5.75. The highest BCUT2D eigenvalue weighted by Crippen LogP contribution is 2.31. The topological polar surface area (TPSA) is 35.5 Å². The van der Waals surface area contributed by atoms with E-state index in [1.54, 1.807) is 36.4 Å². The zero-order valence-corrected chi connectivity index (χ0v) is 19.7. The highest BCUT2D eigenvalue weighted by atomic mass is 19.2. The summed E-state index contributed by atoms with van der Waals surface area (Å²) in [5.41, 5.74) is 0.564. The number of carbonyl (C=O) groups is 1. The van der Waals surface area contributed by atoms with Crippen LogP contribution in [0.25, 0.3) is 24.3 Å². The summed E-state index contributed by atoms with van der Waals surface area (Å²) in [6.07, 6.45) is 4.76. The minimum Gasteiger partial charge on any atom is -0.348 e. The zero-order valence-electron chi connectivity index (χ0n) is 19.7. The van der Waals surface area contributed by atoms with E-state index in [2.05, 4.69) is 0 Å². The van der Waals surface area contributed by atoms with Crippen molar-refractivity contribution in [2.75, 3.05) is 13.2 Å². The van der Waals surface area contributed by atoms with Gasteiger partial charge in [0.25, 0.3) is 0 Å². The van der Waals surface area contributed by atoms with Gasteiger partial charge in [0.2, 0.25) is 0 Å². The minimum atomic E-state index is -1.50. The van der Waals surface area contributed by atoms with E-state index >= 15 is 0 Å². The van der Waals surface area contributed by atoms with E-state index in [4.69, 9.17) is 9.47 Å². The number of hydrogen-bond acceptors (Lipinski definition) is 3. The van der Waals surface area contributed by atoms with Crippen LogP contribution in [-0.4, -0.2) is 19.5 Å². The molecular weight excluding hydrogens is 472 g/mol. The van der Waals surface area contributed by atoms with Crippen molar-refractivity contribution in [2.45, 2.75) is 20.1 Å². The summed E-state index contributed by atoms with van der Waals surface area (Å²) in [6, 6.07) is 13.0. The predicted molar refractivity (Wildman–Crippen MR) is 131 cm³/mol. The van der Waals surface area contributed by atoms with Crippen molar-refractivity contribution in [3.63, 3.8) is 0 Å². The number of halogens is 4. The van der Waals surface area contributed by atoms with E-state index in [-0.39, 0.29) is 5.41 Å². The zero-order chi connectivity index (χ0) is 25.9. The van der Waals surface area contributed by atoms with Gasteiger partial charge in [-0.15, -0.1) is 0 Å². The molecule has 3 aromatic rings. The van der Waals surface area contributed by atoms with Crippen molar-refractivity contribution in [3.05, 3.63) is 105 Å². The second-order valence-electron chi connectivity index (χ2n) is 9.32. The molecule has 36 heavy (non-hydrogen) atoms. The van der Waals surface area contributed by atoms with Gasteiger partial charge in [0.05, 0.1) is 24.3 Å². The molecule has 0 atom stereocenters. The third kappa shape index (κ3) is 5.64. The van der Waals surface area contributed by atoms with E-state index in [1.807, 2.05) is 13.8 Å². The molecule has 1 fully saturated rings. The Labute approximate surface area is 206 Å². The van der Waals surface area contributed by atoms with Crippen LogP contribution in [0.2, 0.25) is 0 Å². The monoisotopic (exact) mass is 496 g/mol. The summed E-state index contributed by atoms with van der Waals surface area (Å²) < 4.78 is 70.0. The fraction of sp³-hybridized carbons (Fsp3) is 0.207. The highest BCUT2D eigenvalue weighted by Gasteiger charge is 2.29. The molecule has 0 unspecified atom stereocenters. The maximum Gasteiger partial charge on any atom is 0.183 e. The Hall–Kier alpha value is -3.55. The molecule has 1 saturated heterocycles. The van der Waals surface area contributed by atoms with Crippen molar-refractivity contribution < 1.29 is 31.8 Å². The molecule has 4 rings (SSSR count). The number of hydrogen-bond donors (Lipinski definition) is 0. The summed E-state index contributed by atoms with van der Waals surface area (Å²) in [5.74, 6) is -5.99. The standard InChI is InChI=1S/C29H24F4O3/c1-29(2)16-35-28(36-17-29)21-11-7-19(8-12-21)10-14-23-26(32)24(30)22(25(31)27(23)33)13-9-18-3-5-20(15-34)6-4-18/h3-15,28H,16-17H2,1-2H3/b13-9+,14-10+. The van der Waals surface area contributed by atoms with Gasteiger partial charge >= 0.3 is 0 Å². The quantitative estimate of drug-likeness (QED) is 0.154. The van der Waals surface area contributed by atoms with Crippen LogP contribution < -0.4 is 0 Å². The van der Waals surface area contributed by atoms with Crippen LogP contribution in [0.15, 0.2) is 48.5 Å². The molecule has 1 aliphatic rings. The smallest absolute Gasteiger partial charge is 0.183 e. The Kier molecular flexibility index (Phi) is 7.52. The van der Waals surface area contributed by atoms with E-state index in [0.717, 1.165) is 17.7 Å². The molecule has 0 aliphatic carbocycles. The van der Waals surface area contributed by atoms with Gasteiger partial charge in [-0.25, -0.2) is 17.6 Å². The molecule has 1 heterocycles. The SMILES string of the molecule is CC1(C)COC(c2ccc(/C=C/c3c(F)c(F)c(/C=C/c4ccc(C=O)cc4)c(F)c3F)cc2)OC1. The lowest BCUT2D eigenvalue weighted by Crippen LogP contribution is -2.33. The number of rotatable bonds is 6. The second-order valence-corrected chi connectivity index (χ2v) is 9.32. The molecule has 0 aromatic heterocycles. The van der Waals surface area contributed by atoms with Gasteiger partial charge in [0.1, 0.15) is 6.29 Å². The fourth-order valence-electron chi connectivity index (χ4n) is 3.65. The average Bonchev–Trinajstić information content (AvgIpc) is 2.88. The molecular formula is C29H24F4O3. The molecule has 186 valence electrons. The number of ether oxygens (including phenoxy) is 2. The second kappa shape index (κ2) is 10.6. The molecule has 0 bridgehead atoms. The van der Waals surface area contributed by atoms with Crippen molar-refractivity contribution in [3.8, 4) is 0 Å².